The Morgan fingerprint density at radius 1 is 1.11 bits per heavy atom. The summed E-state index contributed by atoms with van der Waals surface area (Å²) < 4.78 is 10.9. The molecule has 0 spiro atoms. The molecule has 0 aliphatic rings. The Balaban J connectivity index is 1.86. The first-order valence-electron chi connectivity index (χ1n) is 6.24. The summed E-state index contributed by atoms with van der Waals surface area (Å²) in [6, 6.07) is 14.9. The highest BCUT2D eigenvalue weighted by atomic mass is 32.2. The van der Waals surface area contributed by atoms with Crippen molar-refractivity contribution in [3.8, 4) is 0 Å². The molecule has 1 N–H and O–H groups in total. The zero-order chi connectivity index (χ0) is 12.8. The Morgan fingerprint density at radius 2 is 1.89 bits per heavy atom. The van der Waals surface area contributed by atoms with Crippen LogP contribution >= 0.6 is 0 Å². The monoisotopic (exact) mass is 261 g/mol. The molecule has 0 fully saturated rings. The number of nitrogens with one attached hydrogen (secondary N) is 1. The van der Waals surface area contributed by atoms with Crippen LogP contribution in [-0.4, -0.2) is 22.8 Å². The fourth-order valence-corrected chi connectivity index (χ4v) is 2.53. The van der Waals surface area contributed by atoms with E-state index in [-0.39, 0.29) is 0 Å². The largest absolute Gasteiger partial charge is 0.313 e. The Labute approximate surface area is 111 Å². The van der Waals surface area contributed by atoms with Gasteiger partial charge in [0.2, 0.25) is 0 Å². The minimum absolute atomic E-state index is 0.672. The van der Waals surface area contributed by atoms with E-state index in [1.165, 1.54) is 16.3 Å². The molecule has 3 heteroatoms. The first-order chi connectivity index (χ1) is 8.75. The summed E-state index contributed by atoms with van der Waals surface area (Å²) in [6.45, 7) is 1.80. The van der Waals surface area contributed by atoms with E-state index in [1.54, 1.807) is 6.26 Å². The predicted molar refractivity (Wildman–Crippen MR) is 79.2 cm³/mol. The highest BCUT2D eigenvalue weighted by Crippen LogP contribution is 2.15. The van der Waals surface area contributed by atoms with E-state index in [0.29, 0.717) is 0 Å². The van der Waals surface area contributed by atoms with E-state index < -0.39 is 10.8 Å². The van der Waals surface area contributed by atoms with Gasteiger partial charge in [-0.05, 0) is 35.4 Å². The van der Waals surface area contributed by atoms with Crippen LogP contribution in [0.1, 0.15) is 12.0 Å². The van der Waals surface area contributed by atoms with Gasteiger partial charge in [-0.25, -0.2) is 0 Å². The minimum Gasteiger partial charge on any atom is -0.313 e. The lowest BCUT2D eigenvalue weighted by Gasteiger charge is -2.06. The van der Waals surface area contributed by atoms with Crippen LogP contribution < -0.4 is 5.32 Å². The molecular formula is C15H19NOS. The molecule has 0 saturated heterocycles. The second-order valence-electron chi connectivity index (χ2n) is 4.49. The van der Waals surface area contributed by atoms with Gasteiger partial charge in [-0.15, -0.1) is 0 Å². The van der Waals surface area contributed by atoms with E-state index in [2.05, 4.69) is 47.8 Å². The van der Waals surface area contributed by atoms with Crippen molar-refractivity contribution in [2.24, 2.45) is 0 Å². The van der Waals surface area contributed by atoms with Crippen molar-refractivity contribution in [3.05, 3.63) is 48.0 Å². The Kier molecular flexibility index (Phi) is 4.90. The zero-order valence-corrected chi connectivity index (χ0v) is 11.5. The molecule has 0 bridgehead atoms. The molecule has 0 radical (unpaired) electrons. The first kappa shape index (κ1) is 13.2. The lowest BCUT2D eigenvalue weighted by Crippen LogP contribution is -2.16. The van der Waals surface area contributed by atoms with Crippen molar-refractivity contribution >= 4 is 21.6 Å². The highest BCUT2D eigenvalue weighted by molar-refractivity contribution is 7.84. The number of rotatable bonds is 6. The SMILES string of the molecule is CS(=O)CCCNCc1ccc2ccccc2c1. The molecule has 2 aromatic carbocycles. The fraction of sp³-hybridized carbons (Fsp3) is 0.333. The third-order valence-corrected chi connectivity index (χ3v) is 3.79. The maximum atomic E-state index is 10.9. The highest BCUT2D eigenvalue weighted by Gasteiger charge is 1.96. The topological polar surface area (TPSA) is 29.1 Å². The normalized spacial score (nSPS) is 12.7. The van der Waals surface area contributed by atoms with Crippen molar-refractivity contribution in [3.63, 3.8) is 0 Å². The van der Waals surface area contributed by atoms with Crippen molar-refractivity contribution in [1.29, 1.82) is 0 Å². The lowest BCUT2D eigenvalue weighted by atomic mass is 10.1. The third kappa shape index (κ3) is 3.93. The molecule has 1 atom stereocenters. The number of hydrogen-bond acceptors (Lipinski definition) is 2. The van der Waals surface area contributed by atoms with E-state index >= 15 is 0 Å². The third-order valence-electron chi connectivity index (χ3n) is 2.93. The van der Waals surface area contributed by atoms with Crippen molar-refractivity contribution < 1.29 is 4.21 Å². The lowest BCUT2D eigenvalue weighted by molar-refractivity contribution is 0.662. The van der Waals surface area contributed by atoms with Gasteiger partial charge in [0.05, 0.1) is 0 Å². The summed E-state index contributed by atoms with van der Waals surface area (Å²) in [7, 11) is -0.672. The van der Waals surface area contributed by atoms with Crippen LogP contribution in [-0.2, 0) is 17.3 Å². The average Bonchev–Trinajstić information content (AvgIpc) is 2.38. The van der Waals surface area contributed by atoms with Crippen LogP contribution in [0.4, 0.5) is 0 Å². The molecular weight excluding hydrogens is 242 g/mol. The molecule has 2 rings (SSSR count). The molecule has 0 amide bonds. The Bertz CT molecular complexity index is 539. The molecule has 0 heterocycles. The summed E-state index contributed by atoms with van der Waals surface area (Å²) in [5, 5.41) is 5.95. The number of benzene rings is 2. The van der Waals surface area contributed by atoms with E-state index in [9.17, 15) is 4.21 Å². The van der Waals surface area contributed by atoms with Crippen LogP contribution in [0.2, 0.25) is 0 Å². The van der Waals surface area contributed by atoms with Gasteiger partial charge in [0.15, 0.2) is 0 Å². The summed E-state index contributed by atoms with van der Waals surface area (Å²) in [5.41, 5.74) is 1.30. The van der Waals surface area contributed by atoms with E-state index in [0.717, 1.165) is 25.3 Å². The molecule has 1 unspecified atom stereocenters. The van der Waals surface area contributed by atoms with Gasteiger partial charge in [0.25, 0.3) is 0 Å². The van der Waals surface area contributed by atoms with Gasteiger partial charge in [-0.2, -0.15) is 0 Å². The van der Waals surface area contributed by atoms with Crippen molar-refractivity contribution in [1.82, 2.24) is 5.32 Å². The summed E-state index contributed by atoms with van der Waals surface area (Å²) >= 11 is 0. The Hall–Kier alpha value is -1.19. The maximum Gasteiger partial charge on any atom is 0.0244 e. The van der Waals surface area contributed by atoms with Gasteiger partial charge < -0.3 is 5.32 Å². The van der Waals surface area contributed by atoms with Gasteiger partial charge >= 0.3 is 0 Å². The molecule has 96 valence electrons. The first-order valence-corrected chi connectivity index (χ1v) is 7.97. The van der Waals surface area contributed by atoms with Gasteiger partial charge in [-0.1, -0.05) is 36.4 Å². The van der Waals surface area contributed by atoms with Gasteiger partial charge in [0, 0.05) is 29.4 Å². The molecule has 2 nitrogen and oxygen atoms in total. The smallest absolute Gasteiger partial charge is 0.0244 e. The molecule has 0 aliphatic carbocycles. The van der Waals surface area contributed by atoms with Crippen molar-refractivity contribution in [2.75, 3.05) is 18.6 Å². The molecule has 0 saturated carbocycles. The number of fused-ring (bicyclic) bond motifs is 1. The van der Waals surface area contributed by atoms with Crippen LogP contribution in [0.15, 0.2) is 42.5 Å². The predicted octanol–water partition coefficient (Wildman–Crippen LogP) is 2.70. The molecule has 18 heavy (non-hydrogen) atoms. The molecule has 0 aromatic heterocycles. The molecule has 0 aliphatic heterocycles. The van der Waals surface area contributed by atoms with E-state index in [4.69, 9.17) is 0 Å². The standard InChI is InChI=1S/C15H19NOS/c1-18(17)10-4-9-16-12-13-7-8-14-5-2-3-6-15(14)11-13/h2-3,5-8,11,16H,4,9-10,12H2,1H3. The fourth-order valence-electron chi connectivity index (χ4n) is 1.98. The second-order valence-corrected chi connectivity index (χ2v) is 6.04. The van der Waals surface area contributed by atoms with Gasteiger partial charge in [-0.3, -0.25) is 4.21 Å². The van der Waals surface area contributed by atoms with Crippen LogP contribution in [0, 0.1) is 0 Å². The van der Waals surface area contributed by atoms with E-state index in [1.807, 2.05) is 0 Å². The minimum atomic E-state index is -0.672. The average molecular weight is 261 g/mol. The van der Waals surface area contributed by atoms with Crippen molar-refractivity contribution in [2.45, 2.75) is 13.0 Å². The number of hydrogen-bond donors (Lipinski definition) is 1. The molecule has 2 aromatic rings. The van der Waals surface area contributed by atoms with Crippen LogP contribution in [0.25, 0.3) is 10.8 Å². The Morgan fingerprint density at radius 3 is 2.67 bits per heavy atom. The van der Waals surface area contributed by atoms with Crippen LogP contribution in [0.5, 0.6) is 0 Å². The summed E-state index contributed by atoms with van der Waals surface area (Å²) in [6.07, 6.45) is 2.72. The maximum absolute atomic E-state index is 10.9. The van der Waals surface area contributed by atoms with Crippen LogP contribution in [0.3, 0.4) is 0 Å². The summed E-state index contributed by atoms with van der Waals surface area (Å²) in [4.78, 5) is 0. The summed E-state index contributed by atoms with van der Waals surface area (Å²) in [5.74, 6) is 0.782. The second kappa shape index (κ2) is 6.66. The quantitative estimate of drug-likeness (QED) is 0.810. The van der Waals surface area contributed by atoms with Gasteiger partial charge in [0.1, 0.15) is 0 Å². The zero-order valence-electron chi connectivity index (χ0n) is 10.7.